The predicted molar refractivity (Wildman–Crippen MR) is 72.4 cm³/mol. The van der Waals surface area contributed by atoms with Crippen LogP contribution in [0.1, 0.15) is 25.8 Å². The number of nitrogens with one attached hydrogen (secondary N) is 1. The lowest BCUT2D eigenvalue weighted by Gasteiger charge is -2.13. The van der Waals surface area contributed by atoms with Gasteiger partial charge in [0.2, 0.25) is 10.0 Å². The molecule has 1 atom stereocenters. The highest BCUT2D eigenvalue weighted by Crippen LogP contribution is 2.17. The summed E-state index contributed by atoms with van der Waals surface area (Å²) in [5.74, 6) is 4.57. The van der Waals surface area contributed by atoms with Gasteiger partial charge in [0.25, 0.3) is 0 Å². The summed E-state index contributed by atoms with van der Waals surface area (Å²) in [6.07, 6.45) is 0.657. The van der Waals surface area contributed by atoms with Crippen molar-refractivity contribution in [2.24, 2.45) is 5.73 Å². The molecule has 6 heteroatoms. The number of hydrogen-bond acceptors (Lipinski definition) is 3. The van der Waals surface area contributed by atoms with E-state index in [0.29, 0.717) is 6.42 Å². The normalized spacial score (nSPS) is 12.6. The van der Waals surface area contributed by atoms with Crippen LogP contribution in [0.5, 0.6) is 0 Å². The van der Waals surface area contributed by atoms with Gasteiger partial charge >= 0.3 is 0 Å². The van der Waals surface area contributed by atoms with Crippen LogP contribution in [0.2, 0.25) is 0 Å². The molecule has 0 fully saturated rings. The van der Waals surface area contributed by atoms with Crippen molar-refractivity contribution in [1.82, 2.24) is 4.72 Å². The fourth-order valence-electron chi connectivity index (χ4n) is 1.39. The second kappa shape index (κ2) is 6.66. The molecule has 19 heavy (non-hydrogen) atoms. The fraction of sp³-hybridized carbons (Fsp3) is 0.385. The van der Waals surface area contributed by atoms with Crippen LogP contribution in [0.4, 0.5) is 4.39 Å². The molecule has 1 unspecified atom stereocenters. The van der Waals surface area contributed by atoms with Crippen molar-refractivity contribution in [1.29, 1.82) is 0 Å². The standard InChI is InChI=1S/C13H17FN2O2S/c1-3-10(2)16-19(17,18)13-7-6-12(14)9-11(13)5-4-8-15/h6-7,9-10,16H,3,8,15H2,1-2H3. The van der Waals surface area contributed by atoms with E-state index in [9.17, 15) is 12.8 Å². The Hall–Kier alpha value is -1.42. The lowest BCUT2D eigenvalue weighted by molar-refractivity contribution is 0.555. The van der Waals surface area contributed by atoms with Crippen LogP contribution in [0.3, 0.4) is 0 Å². The lowest BCUT2D eigenvalue weighted by Crippen LogP contribution is -2.32. The fourth-order valence-corrected chi connectivity index (χ4v) is 2.86. The zero-order chi connectivity index (χ0) is 14.5. The van der Waals surface area contributed by atoms with E-state index >= 15 is 0 Å². The van der Waals surface area contributed by atoms with E-state index in [4.69, 9.17) is 5.73 Å². The molecule has 0 amide bonds. The molecule has 0 bridgehead atoms. The molecule has 0 radical (unpaired) electrons. The van der Waals surface area contributed by atoms with Crippen LogP contribution in [0, 0.1) is 17.7 Å². The molecule has 0 aliphatic rings. The van der Waals surface area contributed by atoms with Gasteiger partial charge in [-0.15, -0.1) is 0 Å². The number of sulfonamides is 1. The Morgan fingerprint density at radius 3 is 2.74 bits per heavy atom. The molecule has 1 rings (SSSR count). The Labute approximate surface area is 113 Å². The molecule has 0 aromatic heterocycles. The summed E-state index contributed by atoms with van der Waals surface area (Å²) in [7, 11) is -3.71. The van der Waals surface area contributed by atoms with E-state index in [0.717, 1.165) is 12.1 Å². The first-order valence-corrected chi connectivity index (χ1v) is 7.39. The molecule has 1 aromatic rings. The predicted octanol–water partition coefficient (Wildman–Crippen LogP) is 1.21. The highest BCUT2D eigenvalue weighted by molar-refractivity contribution is 7.89. The third kappa shape index (κ3) is 4.31. The molecular formula is C13H17FN2O2S. The molecule has 0 aliphatic carbocycles. The van der Waals surface area contributed by atoms with Crippen molar-refractivity contribution < 1.29 is 12.8 Å². The van der Waals surface area contributed by atoms with Crippen LogP contribution < -0.4 is 10.5 Å². The van der Waals surface area contributed by atoms with Gasteiger partial charge in [0.05, 0.1) is 11.4 Å². The molecule has 3 N–H and O–H groups in total. The van der Waals surface area contributed by atoms with Gasteiger partial charge < -0.3 is 5.73 Å². The molecule has 0 heterocycles. The average Bonchev–Trinajstić information content (AvgIpc) is 2.35. The molecule has 104 valence electrons. The second-order valence-electron chi connectivity index (χ2n) is 4.08. The van der Waals surface area contributed by atoms with Crippen LogP contribution in [0.25, 0.3) is 0 Å². The van der Waals surface area contributed by atoms with Crippen LogP contribution in [0.15, 0.2) is 23.1 Å². The van der Waals surface area contributed by atoms with E-state index in [2.05, 4.69) is 16.6 Å². The van der Waals surface area contributed by atoms with Gasteiger partial charge in [-0.05, 0) is 31.5 Å². The van der Waals surface area contributed by atoms with Crippen molar-refractivity contribution in [2.45, 2.75) is 31.2 Å². The van der Waals surface area contributed by atoms with Gasteiger partial charge in [0.15, 0.2) is 0 Å². The zero-order valence-electron chi connectivity index (χ0n) is 10.9. The number of benzene rings is 1. The summed E-state index contributed by atoms with van der Waals surface area (Å²) in [5.41, 5.74) is 5.36. The molecular weight excluding hydrogens is 267 g/mol. The monoisotopic (exact) mass is 284 g/mol. The number of nitrogens with two attached hydrogens (primary N) is 1. The minimum Gasteiger partial charge on any atom is -0.320 e. The maximum absolute atomic E-state index is 13.2. The topological polar surface area (TPSA) is 72.2 Å². The van der Waals surface area contributed by atoms with Gasteiger partial charge in [-0.1, -0.05) is 18.8 Å². The van der Waals surface area contributed by atoms with Crippen molar-refractivity contribution in [3.63, 3.8) is 0 Å². The molecule has 0 saturated carbocycles. The van der Waals surface area contributed by atoms with Gasteiger partial charge in [-0.25, -0.2) is 17.5 Å². The van der Waals surface area contributed by atoms with Crippen molar-refractivity contribution in [2.75, 3.05) is 6.54 Å². The van der Waals surface area contributed by atoms with E-state index in [-0.39, 0.29) is 23.0 Å². The second-order valence-corrected chi connectivity index (χ2v) is 5.76. The summed E-state index contributed by atoms with van der Waals surface area (Å²) >= 11 is 0. The minimum absolute atomic E-state index is 0.0323. The molecule has 1 aromatic carbocycles. The van der Waals surface area contributed by atoms with Crippen molar-refractivity contribution >= 4 is 10.0 Å². The largest absolute Gasteiger partial charge is 0.320 e. The van der Waals surface area contributed by atoms with E-state index in [1.165, 1.54) is 6.07 Å². The molecule has 0 saturated heterocycles. The third-order valence-corrected chi connectivity index (χ3v) is 4.17. The number of hydrogen-bond donors (Lipinski definition) is 2. The van der Waals surface area contributed by atoms with Crippen molar-refractivity contribution in [3.8, 4) is 11.8 Å². The summed E-state index contributed by atoms with van der Waals surface area (Å²) < 4.78 is 40.0. The van der Waals surface area contributed by atoms with Gasteiger partial charge in [0, 0.05) is 11.6 Å². The quantitative estimate of drug-likeness (QED) is 0.816. The summed E-state index contributed by atoms with van der Waals surface area (Å²) in [4.78, 5) is -0.0323. The maximum atomic E-state index is 13.2. The lowest BCUT2D eigenvalue weighted by atomic mass is 10.2. The van der Waals surface area contributed by atoms with Crippen LogP contribution in [-0.4, -0.2) is 21.0 Å². The van der Waals surface area contributed by atoms with Crippen LogP contribution in [-0.2, 0) is 10.0 Å². The molecule has 4 nitrogen and oxygen atoms in total. The molecule has 0 spiro atoms. The Kier molecular flexibility index (Phi) is 5.48. The first-order chi connectivity index (χ1) is 8.90. The van der Waals surface area contributed by atoms with Gasteiger partial charge in [-0.2, -0.15) is 0 Å². The zero-order valence-corrected chi connectivity index (χ0v) is 11.7. The first-order valence-electron chi connectivity index (χ1n) is 5.91. The van der Waals surface area contributed by atoms with Gasteiger partial charge in [0.1, 0.15) is 5.82 Å². The van der Waals surface area contributed by atoms with Crippen molar-refractivity contribution in [3.05, 3.63) is 29.6 Å². The maximum Gasteiger partial charge on any atom is 0.242 e. The SMILES string of the molecule is CCC(C)NS(=O)(=O)c1ccc(F)cc1C#CCN. The summed E-state index contributed by atoms with van der Waals surface area (Å²) in [6.45, 7) is 3.70. The summed E-state index contributed by atoms with van der Waals surface area (Å²) in [6, 6.07) is 3.19. The summed E-state index contributed by atoms with van der Waals surface area (Å²) in [5, 5.41) is 0. The Morgan fingerprint density at radius 2 is 2.16 bits per heavy atom. The van der Waals surface area contributed by atoms with Crippen LogP contribution >= 0.6 is 0 Å². The Balaban J connectivity index is 3.26. The Bertz CT molecular complexity index is 603. The number of halogens is 1. The third-order valence-electron chi connectivity index (χ3n) is 2.52. The van der Waals surface area contributed by atoms with E-state index < -0.39 is 15.8 Å². The Morgan fingerprint density at radius 1 is 1.47 bits per heavy atom. The highest BCUT2D eigenvalue weighted by Gasteiger charge is 2.20. The number of rotatable bonds is 4. The highest BCUT2D eigenvalue weighted by atomic mass is 32.2. The minimum atomic E-state index is -3.71. The van der Waals surface area contributed by atoms with Gasteiger partial charge in [-0.3, -0.25) is 0 Å². The smallest absolute Gasteiger partial charge is 0.242 e. The average molecular weight is 284 g/mol. The molecule has 0 aliphatic heterocycles. The van der Waals surface area contributed by atoms with E-state index in [1.807, 2.05) is 6.92 Å². The van der Waals surface area contributed by atoms with E-state index in [1.54, 1.807) is 6.92 Å². The first kappa shape index (κ1) is 15.6.